The number of carbonyl (C=O) groups is 4. The number of hydrogen-bond donors (Lipinski definition) is 4. The van der Waals surface area contributed by atoms with Crippen LogP contribution in [0.5, 0.6) is 0 Å². The molecule has 4 N–H and O–H groups in total. The Morgan fingerprint density at radius 3 is 0.967 bits per heavy atom. The molecule has 0 bridgehead atoms. The second kappa shape index (κ2) is 7.85. The van der Waals surface area contributed by atoms with Crippen molar-refractivity contribution in [3.63, 3.8) is 0 Å². The molecule has 0 heterocycles. The molecule has 4 rings (SSSR count). The van der Waals surface area contributed by atoms with E-state index in [0.29, 0.717) is 0 Å². The van der Waals surface area contributed by atoms with Crippen LogP contribution < -0.4 is 0 Å². The zero-order valence-corrected chi connectivity index (χ0v) is 16.9. The van der Waals surface area contributed by atoms with E-state index in [1.54, 1.807) is 0 Å². The van der Waals surface area contributed by atoms with Crippen LogP contribution in [0.15, 0.2) is 0 Å². The van der Waals surface area contributed by atoms with Gasteiger partial charge in [-0.05, 0) is 61.2 Å². The lowest BCUT2D eigenvalue weighted by atomic mass is 9.41. The lowest BCUT2D eigenvalue weighted by molar-refractivity contribution is -0.203. The minimum Gasteiger partial charge on any atom is -0.481 e. The van der Waals surface area contributed by atoms with Crippen molar-refractivity contribution in [2.24, 2.45) is 59.2 Å². The summed E-state index contributed by atoms with van der Waals surface area (Å²) in [4.78, 5) is 49.1. The van der Waals surface area contributed by atoms with Gasteiger partial charge in [0.1, 0.15) is 0 Å². The Labute approximate surface area is 174 Å². The first-order chi connectivity index (χ1) is 14.3. The smallest absolute Gasteiger partial charge is 0.308 e. The number of rotatable bonds is 4. The zero-order chi connectivity index (χ0) is 21.7. The molecule has 0 radical (unpaired) electrons. The van der Waals surface area contributed by atoms with Crippen LogP contribution in [0, 0.1) is 59.2 Å². The van der Waals surface area contributed by atoms with Crippen molar-refractivity contribution >= 4 is 23.9 Å². The number of fused-ring (bicyclic) bond motifs is 6. The Bertz CT molecular complexity index is 685. The molecule has 166 valence electrons. The number of aliphatic carboxylic acids is 4. The van der Waals surface area contributed by atoms with Gasteiger partial charge in [0, 0.05) is 0 Å². The normalized spacial score (nSPS) is 45.3. The van der Waals surface area contributed by atoms with E-state index in [9.17, 15) is 39.6 Å². The SMILES string of the molecule is O=C(O)C1C(C(=O)O)C(C(=O)O)C2C3CCCCC3C3CCCCC3C2C1C(=O)O. The summed E-state index contributed by atoms with van der Waals surface area (Å²) in [6.07, 6.45) is 7.45. The van der Waals surface area contributed by atoms with Crippen LogP contribution in [0.2, 0.25) is 0 Å². The molecule has 4 saturated carbocycles. The molecule has 0 amide bonds. The van der Waals surface area contributed by atoms with Gasteiger partial charge in [-0.3, -0.25) is 19.2 Å². The highest BCUT2D eigenvalue weighted by atomic mass is 16.4. The Balaban J connectivity index is 1.91. The fraction of sp³-hybridized carbons (Fsp3) is 0.818. The summed E-state index contributed by atoms with van der Waals surface area (Å²) in [7, 11) is 0. The van der Waals surface area contributed by atoms with Gasteiger partial charge in [-0.2, -0.15) is 0 Å². The van der Waals surface area contributed by atoms with Gasteiger partial charge in [0.05, 0.1) is 23.7 Å². The lowest BCUT2D eigenvalue weighted by Gasteiger charge is -2.61. The quantitative estimate of drug-likeness (QED) is 0.540. The maximum atomic E-state index is 12.4. The molecule has 4 fully saturated rings. The number of carboxylic acid groups (broad SMARTS) is 4. The molecule has 30 heavy (non-hydrogen) atoms. The van der Waals surface area contributed by atoms with Crippen LogP contribution in [0.4, 0.5) is 0 Å². The van der Waals surface area contributed by atoms with Crippen molar-refractivity contribution < 1.29 is 39.6 Å². The molecule has 0 aromatic heterocycles. The van der Waals surface area contributed by atoms with Crippen LogP contribution in [0.3, 0.4) is 0 Å². The van der Waals surface area contributed by atoms with Gasteiger partial charge < -0.3 is 20.4 Å². The Kier molecular flexibility index (Phi) is 5.53. The van der Waals surface area contributed by atoms with Gasteiger partial charge in [0.2, 0.25) is 0 Å². The van der Waals surface area contributed by atoms with E-state index in [0.717, 1.165) is 51.4 Å². The van der Waals surface area contributed by atoms with E-state index >= 15 is 0 Å². The predicted octanol–water partition coefficient (Wildman–Crippen LogP) is 2.66. The van der Waals surface area contributed by atoms with E-state index in [1.165, 1.54) is 0 Å². The van der Waals surface area contributed by atoms with Crippen LogP contribution >= 0.6 is 0 Å². The van der Waals surface area contributed by atoms with Gasteiger partial charge in [-0.25, -0.2) is 0 Å². The average molecular weight is 422 g/mol. The molecule has 0 spiro atoms. The summed E-state index contributed by atoms with van der Waals surface area (Å²) in [5.74, 6) is -12.5. The molecular weight excluding hydrogens is 392 g/mol. The van der Waals surface area contributed by atoms with Crippen molar-refractivity contribution in [2.75, 3.05) is 0 Å². The van der Waals surface area contributed by atoms with Gasteiger partial charge in [-0.1, -0.05) is 25.7 Å². The Morgan fingerprint density at radius 2 is 0.700 bits per heavy atom. The van der Waals surface area contributed by atoms with Crippen molar-refractivity contribution in [3.8, 4) is 0 Å². The summed E-state index contributed by atoms with van der Waals surface area (Å²) in [5, 5.41) is 40.0. The first kappa shape index (κ1) is 21.1. The van der Waals surface area contributed by atoms with E-state index in [4.69, 9.17) is 0 Å². The highest BCUT2D eigenvalue weighted by Crippen LogP contribution is 2.64. The fourth-order valence-electron chi connectivity index (χ4n) is 8.15. The molecule has 8 nitrogen and oxygen atoms in total. The molecule has 10 unspecified atom stereocenters. The van der Waals surface area contributed by atoms with Crippen LogP contribution in [-0.2, 0) is 19.2 Å². The third kappa shape index (κ3) is 3.10. The van der Waals surface area contributed by atoms with Gasteiger partial charge in [0.25, 0.3) is 0 Å². The lowest BCUT2D eigenvalue weighted by Crippen LogP contribution is -2.64. The molecule has 10 atom stereocenters. The maximum absolute atomic E-state index is 12.4. The van der Waals surface area contributed by atoms with E-state index < -0.39 is 59.4 Å². The minimum absolute atomic E-state index is 0.0392. The Hall–Kier alpha value is -2.12. The summed E-state index contributed by atoms with van der Waals surface area (Å²) in [5.41, 5.74) is 0. The molecule has 0 saturated heterocycles. The second-order valence-electron chi connectivity index (χ2n) is 9.84. The standard InChI is InChI=1S/C22H30O8/c23-19(24)15-13-11-7-3-1-5-9(11)10-6-2-4-8-12(10)14(13)16(20(25)26)18(22(29)30)17(15)21(27)28/h9-18H,1-8H2,(H,23,24)(H,25,26)(H,27,28)(H,29,30). The molecule has 0 aromatic carbocycles. The molecule has 8 heteroatoms. The van der Waals surface area contributed by atoms with E-state index in [2.05, 4.69) is 0 Å². The van der Waals surface area contributed by atoms with Crippen molar-refractivity contribution in [1.29, 1.82) is 0 Å². The van der Waals surface area contributed by atoms with Gasteiger partial charge in [-0.15, -0.1) is 0 Å². The van der Waals surface area contributed by atoms with Gasteiger partial charge in [0.15, 0.2) is 0 Å². The second-order valence-corrected chi connectivity index (χ2v) is 9.84. The average Bonchev–Trinajstić information content (AvgIpc) is 2.71. The third-order valence-corrected chi connectivity index (χ3v) is 8.86. The summed E-state index contributed by atoms with van der Waals surface area (Å²) < 4.78 is 0. The fourth-order valence-corrected chi connectivity index (χ4v) is 8.15. The monoisotopic (exact) mass is 422 g/mol. The van der Waals surface area contributed by atoms with E-state index in [1.807, 2.05) is 0 Å². The highest BCUT2D eigenvalue weighted by Gasteiger charge is 2.67. The first-order valence-corrected chi connectivity index (χ1v) is 11.2. The van der Waals surface area contributed by atoms with Crippen molar-refractivity contribution in [1.82, 2.24) is 0 Å². The van der Waals surface area contributed by atoms with E-state index in [-0.39, 0.29) is 23.7 Å². The number of carboxylic acids is 4. The van der Waals surface area contributed by atoms with Gasteiger partial charge >= 0.3 is 23.9 Å². The Morgan fingerprint density at radius 1 is 0.433 bits per heavy atom. The topological polar surface area (TPSA) is 149 Å². The molecule has 0 aromatic rings. The molecule has 0 aliphatic heterocycles. The predicted molar refractivity (Wildman–Crippen MR) is 102 cm³/mol. The van der Waals surface area contributed by atoms with Crippen molar-refractivity contribution in [2.45, 2.75) is 51.4 Å². The van der Waals surface area contributed by atoms with Crippen LogP contribution in [-0.4, -0.2) is 44.3 Å². The summed E-state index contributed by atoms with van der Waals surface area (Å²) in [6.45, 7) is 0. The molecule has 4 aliphatic rings. The largest absolute Gasteiger partial charge is 0.481 e. The van der Waals surface area contributed by atoms with Crippen molar-refractivity contribution in [3.05, 3.63) is 0 Å². The summed E-state index contributed by atoms with van der Waals surface area (Å²) in [6, 6.07) is 0. The zero-order valence-electron chi connectivity index (χ0n) is 16.9. The highest BCUT2D eigenvalue weighted by molar-refractivity contribution is 5.90. The maximum Gasteiger partial charge on any atom is 0.308 e. The molecule has 4 aliphatic carbocycles. The first-order valence-electron chi connectivity index (χ1n) is 11.2. The summed E-state index contributed by atoms with van der Waals surface area (Å²) >= 11 is 0. The number of hydrogen-bond acceptors (Lipinski definition) is 4. The minimum atomic E-state index is -1.73. The van der Waals surface area contributed by atoms with Crippen LogP contribution in [0.1, 0.15) is 51.4 Å². The third-order valence-electron chi connectivity index (χ3n) is 8.86. The molecular formula is C22H30O8. The van der Waals surface area contributed by atoms with Crippen LogP contribution in [0.25, 0.3) is 0 Å².